The van der Waals surface area contributed by atoms with Gasteiger partial charge in [0, 0.05) is 0 Å². The zero-order chi connectivity index (χ0) is 13.8. The van der Waals surface area contributed by atoms with Crippen LogP contribution < -0.4 is 0 Å². The Hall–Kier alpha value is -1.56. The topological polar surface area (TPSA) is 0 Å². The fourth-order valence-electron chi connectivity index (χ4n) is 3.18. The van der Waals surface area contributed by atoms with E-state index in [0.717, 1.165) is 11.8 Å². The van der Waals surface area contributed by atoms with Crippen molar-refractivity contribution < 1.29 is 0 Å². The van der Waals surface area contributed by atoms with Gasteiger partial charge in [0.1, 0.15) is 0 Å². The SMILES string of the molecule is CCCCC[C@@H]1C[C@H]1c1ccc(-c2ccccc2)cc1. The molecule has 1 aliphatic carbocycles. The Kier molecular flexibility index (Phi) is 4.20. The smallest absolute Gasteiger partial charge is 0.0131 e. The van der Waals surface area contributed by atoms with Gasteiger partial charge in [0.15, 0.2) is 0 Å². The molecule has 2 aromatic carbocycles. The van der Waals surface area contributed by atoms with Crippen molar-refractivity contribution in [1.82, 2.24) is 0 Å². The first-order valence-corrected chi connectivity index (χ1v) is 8.04. The molecule has 20 heavy (non-hydrogen) atoms. The monoisotopic (exact) mass is 264 g/mol. The Bertz CT molecular complexity index is 524. The van der Waals surface area contributed by atoms with Crippen LogP contribution in [0.3, 0.4) is 0 Å². The maximum atomic E-state index is 2.34. The third-order valence-corrected chi connectivity index (χ3v) is 4.55. The Labute approximate surface area is 122 Å². The first-order valence-electron chi connectivity index (χ1n) is 8.04. The zero-order valence-electron chi connectivity index (χ0n) is 12.4. The second-order valence-electron chi connectivity index (χ2n) is 6.09. The van der Waals surface area contributed by atoms with E-state index >= 15 is 0 Å². The van der Waals surface area contributed by atoms with Gasteiger partial charge in [-0.3, -0.25) is 0 Å². The Balaban J connectivity index is 1.61. The van der Waals surface area contributed by atoms with Gasteiger partial charge in [0.25, 0.3) is 0 Å². The third-order valence-electron chi connectivity index (χ3n) is 4.55. The van der Waals surface area contributed by atoms with Gasteiger partial charge in [-0.05, 0) is 41.4 Å². The molecule has 104 valence electrons. The normalized spacial score (nSPS) is 20.9. The maximum absolute atomic E-state index is 2.34. The van der Waals surface area contributed by atoms with Gasteiger partial charge in [-0.2, -0.15) is 0 Å². The predicted molar refractivity (Wildman–Crippen MR) is 86.9 cm³/mol. The molecule has 0 unspecified atom stereocenters. The van der Waals surface area contributed by atoms with Crippen molar-refractivity contribution in [2.24, 2.45) is 5.92 Å². The number of rotatable bonds is 6. The van der Waals surface area contributed by atoms with Gasteiger partial charge in [0.05, 0.1) is 0 Å². The molecular weight excluding hydrogens is 240 g/mol. The molecular formula is C20H24. The molecule has 1 aliphatic rings. The van der Waals surface area contributed by atoms with Crippen molar-refractivity contribution in [1.29, 1.82) is 0 Å². The van der Waals surface area contributed by atoms with Crippen LogP contribution >= 0.6 is 0 Å². The lowest BCUT2D eigenvalue weighted by Gasteiger charge is -2.04. The molecule has 0 aromatic heterocycles. The average Bonchev–Trinajstić information content (AvgIpc) is 3.28. The number of hydrogen-bond donors (Lipinski definition) is 0. The van der Waals surface area contributed by atoms with Crippen LogP contribution in [0.25, 0.3) is 11.1 Å². The van der Waals surface area contributed by atoms with E-state index in [1.54, 1.807) is 5.56 Å². The second kappa shape index (κ2) is 6.26. The van der Waals surface area contributed by atoms with Crippen molar-refractivity contribution >= 4 is 0 Å². The minimum Gasteiger partial charge on any atom is -0.0654 e. The number of unbranched alkanes of at least 4 members (excludes halogenated alkanes) is 2. The van der Waals surface area contributed by atoms with E-state index < -0.39 is 0 Å². The van der Waals surface area contributed by atoms with E-state index in [1.165, 1.54) is 43.2 Å². The molecule has 1 fully saturated rings. The van der Waals surface area contributed by atoms with E-state index in [0.29, 0.717) is 0 Å². The van der Waals surface area contributed by atoms with Gasteiger partial charge in [-0.1, -0.05) is 80.8 Å². The molecule has 0 heteroatoms. The lowest BCUT2D eigenvalue weighted by Crippen LogP contribution is -1.85. The van der Waals surface area contributed by atoms with Gasteiger partial charge in [-0.15, -0.1) is 0 Å². The highest BCUT2D eigenvalue weighted by Crippen LogP contribution is 2.50. The van der Waals surface area contributed by atoms with E-state index in [4.69, 9.17) is 0 Å². The molecule has 2 atom stereocenters. The molecule has 1 saturated carbocycles. The van der Waals surface area contributed by atoms with Crippen LogP contribution in [-0.4, -0.2) is 0 Å². The fraction of sp³-hybridized carbons (Fsp3) is 0.400. The molecule has 0 N–H and O–H groups in total. The summed E-state index contributed by atoms with van der Waals surface area (Å²) in [5.74, 6) is 1.81. The van der Waals surface area contributed by atoms with E-state index in [1.807, 2.05) is 0 Å². The summed E-state index contributed by atoms with van der Waals surface area (Å²) < 4.78 is 0. The van der Waals surface area contributed by atoms with Crippen LogP contribution in [0.5, 0.6) is 0 Å². The summed E-state index contributed by atoms with van der Waals surface area (Å²) in [5.41, 5.74) is 4.19. The van der Waals surface area contributed by atoms with Gasteiger partial charge < -0.3 is 0 Å². The molecule has 3 rings (SSSR count). The van der Waals surface area contributed by atoms with Crippen LogP contribution in [0.4, 0.5) is 0 Å². The Morgan fingerprint density at radius 1 is 0.850 bits per heavy atom. The van der Waals surface area contributed by atoms with Crippen molar-refractivity contribution in [2.45, 2.75) is 44.9 Å². The van der Waals surface area contributed by atoms with Crippen molar-refractivity contribution in [3.8, 4) is 11.1 Å². The van der Waals surface area contributed by atoms with E-state index in [9.17, 15) is 0 Å². The average molecular weight is 264 g/mol. The van der Waals surface area contributed by atoms with Gasteiger partial charge in [-0.25, -0.2) is 0 Å². The van der Waals surface area contributed by atoms with Crippen LogP contribution in [0.2, 0.25) is 0 Å². The molecule has 0 bridgehead atoms. The zero-order valence-corrected chi connectivity index (χ0v) is 12.4. The molecule has 0 saturated heterocycles. The Morgan fingerprint density at radius 3 is 2.25 bits per heavy atom. The number of benzene rings is 2. The van der Waals surface area contributed by atoms with Gasteiger partial charge >= 0.3 is 0 Å². The summed E-state index contributed by atoms with van der Waals surface area (Å²) >= 11 is 0. The third kappa shape index (κ3) is 3.12. The summed E-state index contributed by atoms with van der Waals surface area (Å²) in [4.78, 5) is 0. The highest BCUT2D eigenvalue weighted by atomic mass is 14.4. The first-order chi connectivity index (χ1) is 9.88. The first kappa shape index (κ1) is 13.4. The van der Waals surface area contributed by atoms with E-state index in [2.05, 4.69) is 61.5 Å². The van der Waals surface area contributed by atoms with Crippen LogP contribution in [0, 0.1) is 5.92 Å². The van der Waals surface area contributed by atoms with Crippen LogP contribution in [0.15, 0.2) is 54.6 Å². The van der Waals surface area contributed by atoms with Crippen LogP contribution in [0.1, 0.15) is 50.5 Å². The standard InChI is InChI=1S/C20H24/c1-2-3-5-10-19-15-20(19)18-13-11-17(12-14-18)16-8-6-4-7-9-16/h4,6-9,11-14,19-20H,2-3,5,10,15H2,1H3/t19-,20+/m1/s1. The molecule has 0 amide bonds. The summed E-state index contributed by atoms with van der Waals surface area (Å²) in [5, 5.41) is 0. The molecule has 0 spiro atoms. The summed E-state index contributed by atoms with van der Waals surface area (Å²) in [6, 6.07) is 19.9. The van der Waals surface area contributed by atoms with Crippen molar-refractivity contribution in [3.05, 3.63) is 60.2 Å². The van der Waals surface area contributed by atoms with Crippen molar-refractivity contribution in [3.63, 3.8) is 0 Å². The highest BCUT2D eigenvalue weighted by molar-refractivity contribution is 5.63. The highest BCUT2D eigenvalue weighted by Gasteiger charge is 2.37. The van der Waals surface area contributed by atoms with Crippen molar-refractivity contribution in [2.75, 3.05) is 0 Å². The van der Waals surface area contributed by atoms with Crippen LogP contribution in [-0.2, 0) is 0 Å². The largest absolute Gasteiger partial charge is 0.0654 e. The fourth-order valence-corrected chi connectivity index (χ4v) is 3.18. The molecule has 0 nitrogen and oxygen atoms in total. The molecule has 0 aliphatic heterocycles. The molecule has 0 radical (unpaired) electrons. The molecule has 0 heterocycles. The number of hydrogen-bond acceptors (Lipinski definition) is 0. The van der Waals surface area contributed by atoms with E-state index in [-0.39, 0.29) is 0 Å². The predicted octanol–water partition coefficient (Wildman–Crippen LogP) is 6.04. The maximum Gasteiger partial charge on any atom is -0.0131 e. The second-order valence-corrected chi connectivity index (χ2v) is 6.09. The molecule has 2 aromatic rings. The lowest BCUT2D eigenvalue weighted by atomic mass is 10.0. The minimum absolute atomic E-state index is 0.844. The van der Waals surface area contributed by atoms with Gasteiger partial charge in [0.2, 0.25) is 0 Å². The summed E-state index contributed by atoms with van der Waals surface area (Å²) in [6.07, 6.45) is 6.99. The quantitative estimate of drug-likeness (QED) is 0.558. The lowest BCUT2D eigenvalue weighted by molar-refractivity contribution is 0.610. The summed E-state index contributed by atoms with van der Waals surface area (Å²) in [7, 11) is 0. The Morgan fingerprint density at radius 2 is 1.55 bits per heavy atom. The minimum atomic E-state index is 0.844. The summed E-state index contributed by atoms with van der Waals surface area (Å²) in [6.45, 7) is 2.28.